The molecule has 3 N–H and O–H groups in total. The third kappa shape index (κ3) is 3.53. The average molecular weight is 382 g/mol. The van der Waals surface area contributed by atoms with Crippen molar-refractivity contribution in [2.45, 2.75) is 88.5 Å². The Labute approximate surface area is 159 Å². The standard InChI is InChI=1S/C20H30O7/c1-4-5-6-7-8-9-12-13(11-21)16-20(24,10-14(22)19(2,3)27-16)17-15(12)25-18(23)26-17/h8-9,14-17,21-22,24H,4-7,10-11H2,1-3H3. The predicted octanol–water partition coefficient (Wildman–Crippen LogP) is 1.99. The number of unbranched alkanes of at least 4 members (excludes halogenated alkanes) is 3. The first-order chi connectivity index (χ1) is 12.7. The van der Waals surface area contributed by atoms with E-state index in [0.717, 1.165) is 25.7 Å². The minimum atomic E-state index is -1.66. The summed E-state index contributed by atoms with van der Waals surface area (Å²) in [7, 11) is 0. The third-order valence-corrected chi connectivity index (χ3v) is 5.85. The van der Waals surface area contributed by atoms with E-state index in [1.54, 1.807) is 13.8 Å². The lowest BCUT2D eigenvalue weighted by Crippen LogP contribution is -2.69. The molecule has 0 amide bonds. The maximum absolute atomic E-state index is 11.8. The molecule has 0 aromatic carbocycles. The van der Waals surface area contributed by atoms with Crippen LogP contribution in [0.15, 0.2) is 23.3 Å². The van der Waals surface area contributed by atoms with Crippen molar-refractivity contribution in [1.29, 1.82) is 0 Å². The summed E-state index contributed by atoms with van der Waals surface area (Å²) < 4.78 is 16.6. The van der Waals surface area contributed by atoms with Crippen LogP contribution >= 0.6 is 0 Å². The van der Waals surface area contributed by atoms with Gasteiger partial charge in [0.2, 0.25) is 0 Å². The maximum Gasteiger partial charge on any atom is 0.509 e. The number of hydrogen-bond donors (Lipinski definition) is 3. The molecule has 5 atom stereocenters. The normalized spacial score (nSPS) is 37.8. The topological polar surface area (TPSA) is 105 Å². The summed E-state index contributed by atoms with van der Waals surface area (Å²) in [6.45, 7) is 5.24. The largest absolute Gasteiger partial charge is 0.509 e. The molecule has 0 spiro atoms. The second kappa shape index (κ2) is 7.54. The fourth-order valence-corrected chi connectivity index (χ4v) is 4.17. The van der Waals surface area contributed by atoms with Gasteiger partial charge in [-0.2, -0.15) is 0 Å². The summed E-state index contributed by atoms with van der Waals surface area (Å²) in [6, 6.07) is 0. The summed E-state index contributed by atoms with van der Waals surface area (Å²) in [5, 5.41) is 31.8. The SMILES string of the molecule is CCCCCC=CC1=C(CO)C2OC(C)(C)C(O)CC2(O)C2OC(=O)OC12. The van der Waals surface area contributed by atoms with Gasteiger partial charge in [-0.3, -0.25) is 0 Å². The van der Waals surface area contributed by atoms with Crippen molar-refractivity contribution in [1.82, 2.24) is 0 Å². The van der Waals surface area contributed by atoms with Crippen molar-refractivity contribution < 1.29 is 34.3 Å². The number of aliphatic hydroxyl groups excluding tert-OH is 2. The molecule has 2 saturated heterocycles. The van der Waals surface area contributed by atoms with Crippen LogP contribution in [0.2, 0.25) is 0 Å². The highest BCUT2D eigenvalue weighted by Crippen LogP contribution is 2.49. The molecule has 2 heterocycles. The highest BCUT2D eigenvalue weighted by Gasteiger charge is 2.65. The molecule has 7 heteroatoms. The molecule has 2 fully saturated rings. The van der Waals surface area contributed by atoms with Crippen LogP contribution in [-0.2, 0) is 14.2 Å². The van der Waals surface area contributed by atoms with Crippen LogP contribution in [0.25, 0.3) is 0 Å². The molecule has 0 aromatic rings. The molecule has 0 bridgehead atoms. The first-order valence-electron chi connectivity index (χ1n) is 9.70. The molecular weight excluding hydrogens is 352 g/mol. The zero-order valence-corrected chi connectivity index (χ0v) is 16.2. The molecule has 2 aliphatic heterocycles. The Bertz CT molecular complexity index is 638. The minimum absolute atomic E-state index is 0.0422. The van der Waals surface area contributed by atoms with Crippen LogP contribution in [0, 0.1) is 0 Å². The van der Waals surface area contributed by atoms with Crippen molar-refractivity contribution in [3.05, 3.63) is 23.3 Å². The molecule has 0 aromatic heterocycles. The van der Waals surface area contributed by atoms with Gasteiger partial charge in [-0.25, -0.2) is 4.79 Å². The van der Waals surface area contributed by atoms with E-state index in [-0.39, 0.29) is 13.0 Å². The van der Waals surface area contributed by atoms with E-state index in [9.17, 15) is 20.1 Å². The third-order valence-electron chi connectivity index (χ3n) is 5.85. The molecule has 0 radical (unpaired) electrons. The molecular formula is C20H30O7. The molecule has 5 unspecified atom stereocenters. The van der Waals surface area contributed by atoms with Crippen molar-refractivity contribution in [3.63, 3.8) is 0 Å². The lowest BCUT2D eigenvalue weighted by molar-refractivity contribution is -0.267. The Balaban J connectivity index is 1.99. The first kappa shape index (κ1) is 20.3. The minimum Gasteiger partial charge on any atom is -0.423 e. The van der Waals surface area contributed by atoms with Crippen LogP contribution in [0.3, 0.4) is 0 Å². The number of fused-ring (bicyclic) bond motifs is 3. The molecule has 27 heavy (non-hydrogen) atoms. The molecule has 0 saturated carbocycles. The van der Waals surface area contributed by atoms with Crippen LogP contribution in [-0.4, -0.2) is 63.7 Å². The van der Waals surface area contributed by atoms with Gasteiger partial charge in [0.1, 0.15) is 11.7 Å². The highest BCUT2D eigenvalue weighted by atomic mass is 16.8. The molecule has 1 aliphatic carbocycles. The van der Waals surface area contributed by atoms with E-state index in [1.165, 1.54) is 0 Å². The Morgan fingerprint density at radius 2 is 2.00 bits per heavy atom. The smallest absolute Gasteiger partial charge is 0.423 e. The summed E-state index contributed by atoms with van der Waals surface area (Å²) >= 11 is 0. The van der Waals surface area contributed by atoms with E-state index < -0.39 is 41.8 Å². The van der Waals surface area contributed by atoms with Gasteiger partial charge in [0, 0.05) is 12.0 Å². The second-order valence-electron chi connectivity index (χ2n) is 8.18. The monoisotopic (exact) mass is 382 g/mol. The fraction of sp³-hybridized carbons (Fsp3) is 0.750. The van der Waals surface area contributed by atoms with Gasteiger partial charge in [0.15, 0.2) is 12.2 Å². The second-order valence-corrected chi connectivity index (χ2v) is 8.18. The van der Waals surface area contributed by atoms with Gasteiger partial charge < -0.3 is 29.5 Å². The summed E-state index contributed by atoms with van der Waals surface area (Å²) in [4.78, 5) is 11.8. The van der Waals surface area contributed by atoms with Gasteiger partial charge in [-0.1, -0.05) is 31.9 Å². The Hall–Kier alpha value is -1.41. The molecule has 3 aliphatic rings. The van der Waals surface area contributed by atoms with Crippen molar-refractivity contribution in [2.75, 3.05) is 6.61 Å². The average Bonchev–Trinajstić information content (AvgIpc) is 3.00. The van der Waals surface area contributed by atoms with Crippen molar-refractivity contribution >= 4 is 6.16 Å². The lowest BCUT2D eigenvalue weighted by Gasteiger charge is -2.53. The van der Waals surface area contributed by atoms with Crippen molar-refractivity contribution in [3.8, 4) is 0 Å². The molecule has 152 valence electrons. The number of ether oxygens (including phenoxy) is 3. The number of allylic oxidation sites excluding steroid dienone is 1. The van der Waals surface area contributed by atoms with E-state index in [2.05, 4.69) is 6.92 Å². The van der Waals surface area contributed by atoms with Crippen LogP contribution in [0.1, 0.15) is 52.9 Å². The van der Waals surface area contributed by atoms with E-state index >= 15 is 0 Å². The van der Waals surface area contributed by atoms with E-state index in [1.807, 2.05) is 12.2 Å². The Morgan fingerprint density at radius 3 is 2.67 bits per heavy atom. The Kier molecular flexibility index (Phi) is 5.68. The number of hydrogen-bond acceptors (Lipinski definition) is 7. The molecule has 7 nitrogen and oxygen atoms in total. The number of aliphatic hydroxyl groups is 3. The lowest BCUT2D eigenvalue weighted by atomic mass is 9.68. The molecule has 3 rings (SSSR count). The Morgan fingerprint density at radius 1 is 1.26 bits per heavy atom. The number of carbonyl (C=O) groups is 1. The van der Waals surface area contributed by atoms with Gasteiger partial charge >= 0.3 is 6.16 Å². The van der Waals surface area contributed by atoms with Crippen LogP contribution < -0.4 is 0 Å². The quantitative estimate of drug-likeness (QED) is 0.476. The van der Waals surface area contributed by atoms with Gasteiger partial charge in [-0.05, 0) is 32.3 Å². The van der Waals surface area contributed by atoms with Gasteiger partial charge in [-0.15, -0.1) is 0 Å². The predicted molar refractivity (Wildman–Crippen MR) is 97.1 cm³/mol. The maximum atomic E-state index is 11.8. The summed E-state index contributed by atoms with van der Waals surface area (Å²) in [5.41, 5.74) is -1.51. The van der Waals surface area contributed by atoms with Gasteiger partial charge in [0.05, 0.1) is 18.3 Å². The summed E-state index contributed by atoms with van der Waals surface area (Å²) in [6.07, 6.45) is 3.38. The number of rotatable bonds is 6. The van der Waals surface area contributed by atoms with Gasteiger partial charge in [0.25, 0.3) is 0 Å². The van der Waals surface area contributed by atoms with E-state index in [4.69, 9.17) is 14.2 Å². The van der Waals surface area contributed by atoms with E-state index in [0.29, 0.717) is 11.1 Å². The van der Waals surface area contributed by atoms with Crippen LogP contribution in [0.5, 0.6) is 0 Å². The van der Waals surface area contributed by atoms with Crippen LogP contribution in [0.4, 0.5) is 4.79 Å². The zero-order valence-electron chi connectivity index (χ0n) is 16.2. The summed E-state index contributed by atoms with van der Waals surface area (Å²) in [5.74, 6) is 0. The van der Waals surface area contributed by atoms with Crippen molar-refractivity contribution in [2.24, 2.45) is 0 Å². The highest BCUT2D eigenvalue weighted by molar-refractivity contribution is 5.65. The number of carbonyl (C=O) groups excluding carboxylic acids is 1. The first-order valence-corrected chi connectivity index (χ1v) is 9.70. The fourth-order valence-electron chi connectivity index (χ4n) is 4.17. The zero-order chi connectivity index (χ0) is 19.8.